The molecule has 0 saturated carbocycles. The van der Waals surface area contributed by atoms with Crippen LogP contribution in [0.15, 0.2) is 0 Å². The highest BCUT2D eigenvalue weighted by Gasteiger charge is 2.35. The molecule has 94 valence electrons. The summed E-state index contributed by atoms with van der Waals surface area (Å²) in [5, 5.41) is 9.47. The van der Waals surface area contributed by atoms with Crippen LogP contribution in [0.5, 0.6) is 0 Å². The van der Waals surface area contributed by atoms with Crippen molar-refractivity contribution in [1.29, 1.82) is 0 Å². The standard InChI is InChI=1S/C13H25NO2/c1-5-6-11(13(2,3)4)12(16)14-8-7-10(15)9-14/h10-11,15H,5-9H2,1-4H3. The summed E-state index contributed by atoms with van der Waals surface area (Å²) in [6.45, 7) is 9.73. The lowest BCUT2D eigenvalue weighted by Crippen LogP contribution is -2.40. The van der Waals surface area contributed by atoms with Gasteiger partial charge in [-0.3, -0.25) is 4.79 Å². The molecule has 0 spiro atoms. The first-order chi connectivity index (χ1) is 7.36. The summed E-state index contributed by atoms with van der Waals surface area (Å²) < 4.78 is 0. The molecular formula is C13H25NO2. The molecule has 0 aliphatic carbocycles. The monoisotopic (exact) mass is 227 g/mol. The van der Waals surface area contributed by atoms with Gasteiger partial charge in [0.25, 0.3) is 0 Å². The first kappa shape index (κ1) is 13.5. The van der Waals surface area contributed by atoms with E-state index in [4.69, 9.17) is 0 Å². The molecule has 2 atom stereocenters. The average molecular weight is 227 g/mol. The summed E-state index contributed by atoms with van der Waals surface area (Å²) in [6.07, 6.45) is 2.39. The molecule has 2 unspecified atom stereocenters. The van der Waals surface area contributed by atoms with Crippen molar-refractivity contribution < 1.29 is 9.90 Å². The van der Waals surface area contributed by atoms with Gasteiger partial charge in [0, 0.05) is 19.0 Å². The maximum atomic E-state index is 12.3. The van der Waals surface area contributed by atoms with E-state index < -0.39 is 0 Å². The Morgan fingerprint density at radius 2 is 2.12 bits per heavy atom. The molecule has 1 N–H and O–H groups in total. The molecule has 0 aromatic carbocycles. The molecule has 0 aromatic rings. The van der Waals surface area contributed by atoms with E-state index in [9.17, 15) is 9.90 Å². The van der Waals surface area contributed by atoms with E-state index in [1.54, 1.807) is 0 Å². The summed E-state index contributed by atoms with van der Waals surface area (Å²) >= 11 is 0. The molecule has 1 rings (SSSR count). The molecule has 3 nitrogen and oxygen atoms in total. The summed E-state index contributed by atoms with van der Waals surface area (Å²) in [5.41, 5.74) is 0.0145. The van der Waals surface area contributed by atoms with Crippen molar-refractivity contribution in [2.45, 2.75) is 53.1 Å². The first-order valence-corrected chi connectivity index (χ1v) is 6.33. The quantitative estimate of drug-likeness (QED) is 0.801. The maximum absolute atomic E-state index is 12.3. The van der Waals surface area contributed by atoms with Crippen LogP contribution >= 0.6 is 0 Å². The van der Waals surface area contributed by atoms with Crippen molar-refractivity contribution >= 4 is 5.91 Å². The highest BCUT2D eigenvalue weighted by atomic mass is 16.3. The Morgan fingerprint density at radius 1 is 1.50 bits per heavy atom. The molecule has 1 amide bonds. The largest absolute Gasteiger partial charge is 0.391 e. The molecule has 16 heavy (non-hydrogen) atoms. The Balaban J connectivity index is 2.68. The zero-order valence-corrected chi connectivity index (χ0v) is 11.0. The zero-order valence-electron chi connectivity index (χ0n) is 11.0. The second-order valence-electron chi connectivity index (χ2n) is 5.93. The number of hydrogen-bond donors (Lipinski definition) is 1. The van der Waals surface area contributed by atoms with Gasteiger partial charge in [0.15, 0.2) is 0 Å². The van der Waals surface area contributed by atoms with Gasteiger partial charge in [0.2, 0.25) is 5.91 Å². The molecule has 0 radical (unpaired) electrons. The smallest absolute Gasteiger partial charge is 0.226 e. The zero-order chi connectivity index (χ0) is 12.3. The lowest BCUT2D eigenvalue weighted by Gasteiger charge is -2.32. The van der Waals surface area contributed by atoms with Crippen LogP contribution < -0.4 is 0 Å². The van der Waals surface area contributed by atoms with E-state index in [1.807, 2.05) is 4.90 Å². The van der Waals surface area contributed by atoms with Gasteiger partial charge >= 0.3 is 0 Å². The van der Waals surface area contributed by atoms with E-state index >= 15 is 0 Å². The van der Waals surface area contributed by atoms with Crippen molar-refractivity contribution in [3.8, 4) is 0 Å². The third-order valence-corrected chi connectivity index (χ3v) is 3.40. The lowest BCUT2D eigenvalue weighted by atomic mass is 9.77. The number of carbonyl (C=O) groups is 1. The van der Waals surface area contributed by atoms with Gasteiger partial charge in [-0.2, -0.15) is 0 Å². The Labute approximate surface area is 98.8 Å². The van der Waals surface area contributed by atoms with Gasteiger partial charge in [-0.05, 0) is 18.3 Å². The van der Waals surface area contributed by atoms with E-state index in [0.717, 1.165) is 25.8 Å². The lowest BCUT2D eigenvalue weighted by molar-refractivity contribution is -0.138. The number of rotatable bonds is 3. The predicted molar refractivity (Wildman–Crippen MR) is 65.1 cm³/mol. The van der Waals surface area contributed by atoms with Crippen LogP contribution in [0.25, 0.3) is 0 Å². The fourth-order valence-electron chi connectivity index (χ4n) is 2.38. The van der Waals surface area contributed by atoms with Crippen molar-refractivity contribution in [2.75, 3.05) is 13.1 Å². The van der Waals surface area contributed by atoms with Crippen LogP contribution in [-0.4, -0.2) is 35.1 Å². The summed E-state index contributed by atoms with van der Waals surface area (Å²) in [7, 11) is 0. The number of aliphatic hydroxyl groups is 1. The van der Waals surface area contributed by atoms with Crippen LogP contribution in [0.2, 0.25) is 0 Å². The molecular weight excluding hydrogens is 202 g/mol. The number of nitrogens with zero attached hydrogens (tertiary/aromatic N) is 1. The molecule has 1 aliphatic heterocycles. The average Bonchev–Trinajstić information content (AvgIpc) is 2.58. The van der Waals surface area contributed by atoms with Crippen LogP contribution in [0.1, 0.15) is 47.0 Å². The fraction of sp³-hybridized carbons (Fsp3) is 0.923. The van der Waals surface area contributed by atoms with Crippen molar-refractivity contribution in [1.82, 2.24) is 4.90 Å². The minimum atomic E-state index is -0.314. The summed E-state index contributed by atoms with van der Waals surface area (Å²) in [5.74, 6) is 0.314. The van der Waals surface area contributed by atoms with Gasteiger partial charge in [0.1, 0.15) is 0 Å². The number of amides is 1. The Hall–Kier alpha value is -0.570. The molecule has 0 aromatic heterocycles. The molecule has 0 bridgehead atoms. The summed E-state index contributed by atoms with van der Waals surface area (Å²) in [6, 6.07) is 0. The molecule has 1 heterocycles. The van der Waals surface area contributed by atoms with Gasteiger partial charge in [0.05, 0.1) is 6.10 Å². The van der Waals surface area contributed by atoms with Gasteiger partial charge in [-0.25, -0.2) is 0 Å². The van der Waals surface area contributed by atoms with E-state index in [0.29, 0.717) is 6.54 Å². The van der Waals surface area contributed by atoms with Gasteiger partial charge in [-0.1, -0.05) is 34.1 Å². The SMILES string of the molecule is CCCC(C(=O)N1CCC(O)C1)C(C)(C)C. The second-order valence-corrected chi connectivity index (χ2v) is 5.93. The summed E-state index contributed by atoms with van der Waals surface area (Å²) in [4.78, 5) is 14.2. The minimum Gasteiger partial charge on any atom is -0.391 e. The first-order valence-electron chi connectivity index (χ1n) is 6.33. The number of likely N-dealkylation sites (tertiary alicyclic amines) is 1. The van der Waals surface area contributed by atoms with Crippen molar-refractivity contribution in [3.63, 3.8) is 0 Å². The van der Waals surface area contributed by atoms with Crippen molar-refractivity contribution in [3.05, 3.63) is 0 Å². The third kappa shape index (κ3) is 3.21. The van der Waals surface area contributed by atoms with Crippen LogP contribution in [0.3, 0.4) is 0 Å². The van der Waals surface area contributed by atoms with E-state index in [1.165, 1.54) is 0 Å². The Kier molecular flexibility index (Phi) is 4.36. The molecule has 1 fully saturated rings. The number of hydrogen-bond acceptors (Lipinski definition) is 2. The second kappa shape index (κ2) is 5.17. The topological polar surface area (TPSA) is 40.5 Å². The predicted octanol–water partition coefficient (Wildman–Crippen LogP) is 2.04. The Morgan fingerprint density at radius 3 is 2.50 bits per heavy atom. The number of carbonyl (C=O) groups excluding carboxylic acids is 1. The molecule has 3 heteroatoms. The van der Waals surface area contributed by atoms with E-state index in [-0.39, 0.29) is 23.3 Å². The number of aliphatic hydroxyl groups excluding tert-OH is 1. The van der Waals surface area contributed by atoms with Crippen LogP contribution in [0, 0.1) is 11.3 Å². The molecule has 1 saturated heterocycles. The highest BCUT2D eigenvalue weighted by molar-refractivity contribution is 5.79. The number of β-amino-alcohol motifs (C(OH)–C–C–N with tert-alkyl or cyclic N) is 1. The fourth-order valence-corrected chi connectivity index (χ4v) is 2.38. The Bertz CT molecular complexity index is 245. The normalized spacial score (nSPS) is 23.6. The van der Waals surface area contributed by atoms with Gasteiger partial charge in [-0.15, -0.1) is 0 Å². The van der Waals surface area contributed by atoms with Crippen molar-refractivity contribution in [2.24, 2.45) is 11.3 Å². The highest BCUT2D eigenvalue weighted by Crippen LogP contribution is 2.32. The third-order valence-electron chi connectivity index (χ3n) is 3.40. The molecule has 1 aliphatic rings. The van der Waals surface area contributed by atoms with Crippen LogP contribution in [-0.2, 0) is 4.79 Å². The van der Waals surface area contributed by atoms with Crippen LogP contribution in [0.4, 0.5) is 0 Å². The van der Waals surface area contributed by atoms with Gasteiger partial charge < -0.3 is 10.0 Å². The van der Waals surface area contributed by atoms with E-state index in [2.05, 4.69) is 27.7 Å². The maximum Gasteiger partial charge on any atom is 0.226 e. The minimum absolute atomic E-state index is 0.0145.